The van der Waals surface area contributed by atoms with E-state index >= 15 is 0 Å². The molecule has 4 aromatic rings. The van der Waals surface area contributed by atoms with Gasteiger partial charge >= 0.3 is 0 Å². The SMILES string of the molecule is c1ccc(C2CC(c3ccccn3)C2c2ccccn2)cc1.c1ccccc1. The minimum Gasteiger partial charge on any atom is -0.261 e. The van der Waals surface area contributed by atoms with Gasteiger partial charge in [-0.3, -0.25) is 9.97 Å². The van der Waals surface area contributed by atoms with E-state index in [2.05, 4.69) is 64.6 Å². The lowest BCUT2D eigenvalue weighted by molar-refractivity contribution is 0.274. The molecule has 0 spiro atoms. The van der Waals surface area contributed by atoms with Crippen molar-refractivity contribution >= 4 is 0 Å². The van der Waals surface area contributed by atoms with Gasteiger partial charge in [0.15, 0.2) is 0 Å². The van der Waals surface area contributed by atoms with Gasteiger partial charge in [-0.05, 0) is 42.2 Å². The smallest absolute Gasteiger partial charge is 0.0447 e. The Morgan fingerprint density at radius 1 is 0.500 bits per heavy atom. The molecule has 3 unspecified atom stereocenters. The summed E-state index contributed by atoms with van der Waals surface area (Å²) in [6, 6.07) is 35.2. The maximum Gasteiger partial charge on any atom is 0.0447 e. The number of benzene rings is 2. The first-order valence-electron chi connectivity index (χ1n) is 9.80. The highest BCUT2D eigenvalue weighted by molar-refractivity contribution is 5.35. The average molecular weight is 364 g/mol. The van der Waals surface area contributed by atoms with Crippen molar-refractivity contribution in [2.24, 2.45) is 0 Å². The molecule has 3 atom stereocenters. The normalized spacial score (nSPS) is 20.4. The molecule has 28 heavy (non-hydrogen) atoms. The van der Waals surface area contributed by atoms with Gasteiger partial charge in [-0.1, -0.05) is 78.9 Å². The summed E-state index contributed by atoms with van der Waals surface area (Å²) >= 11 is 0. The van der Waals surface area contributed by atoms with Crippen LogP contribution in [0.3, 0.4) is 0 Å². The fraction of sp³-hybridized carbons (Fsp3) is 0.154. The van der Waals surface area contributed by atoms with E-state index in [0.29, 0.717) is 17.8 Å². The molecule has 1 aliphatic carbocycles. The van der Waals surface area contributed by atoms with Crippen LogP contribution in [0.25, 0.3) is 0 Å². The van der Waals surface area contributed by atoms with E-state index in [1.807, 2.05) is 60.9 Å². The zero-order chi connectivity index (χ0) is 19.0. The lowest BCUT2D eigenvalue weighted by Crippen LogP contribution is -2.32. The molecule has 0 saturated heterocycles. The number of hydrogen-bond acceptors (Lipinski definition) is 2. The van der Waals surface area contributed by atoms with Crippen LogP contribution in [0, 0.1) is 0 Å². The number of hydrogen-bond donors (Lipinski definition) is 0. The van der Waals surface area contributed by atoms with E-state index in [9.17, 15) is 0 Å². The fourth-order valence-electron chi connectivity index (χ4n) is 3.97. The van der Waals surface area contributed by atoms with Crippen molar-refractivity contribution in [2.45, 2.75) is 24.2 Å². The minimum absolute atomic E-state index is 0.415. The Kier molecular flexibility index (Phi) is 5.89. The van der Waals surface area contributed by atoms with Crippen LogP contribution in [0.4, 0.5) is 0 Å². The molecular formula is C26H24N2. The second kappa shape index (κ2) is 9.09. The third kappa shape index (κ3) is 4.17. The number of rotatable bonds is 3. The molecule has 2 nitrogen and oxygen atoms in total. The highest BCUT2D eigenvalue weighted by atomic mass is 14.7. The molecular weight excluding hydrogens is 340 g/mol. The minimum atomic E-state index is 0.415. The van der Waals surface area contributed by atoms with Crippen LogP contribution < -0.4 is 0 Å². The summed E-state index contributed by atoms with van der Waals surface area (Å²) < 4.78 is 0. The Balaban J connectivity index is 0.000000275. The molecule has 0 radical (unpaired) electrons. The predicted molar refractivity (Wildman–Crippen MR) is 114 cm³/mol. The van der Waals surface area contributed by atoms with Gasteiger partial charge < -0.3 is 0 Å². The van der Waals surface area contributed by atoms with Crippen LogP contribution >= 0.6 is 0 Å². The van der Waals surface area contributed by atoms with Crippen LogP contribution in [0.15, 0.2) is 116 Å². The Hall–Kier alpha value is -3.26. The van der Waals surface area contributed by atoms with Gasteiger partial charge in [-0.25, -0.2) is 0 Å². The van der Waals surface area contributed by atoms with E-state index in [-0.39, 0.29) is 0 Å². The van der Waals surface area contributed by atoms with Crippen molar-refractivity contribution < 1.29 is 0 Å². The standard InChI is InChI=1S/C20H18N2.C6H6/c1-2-8-15(9-3-1)16-14-17(18-10-4-6-12-21-18)20(16)19-11-5-7-13-22-19;1-2-4-6-5-3-1/h1-13,16-17,20H,14H2;1-6H. The zero-order valence-corrected chi connectivity index (χ0v) is 15.8. The van der Waals surface area contributed by atoms with E-state index in [4.69, 9.17) is 0 Å². The van der Waals surface area contributed by atoms with Crippen molar-refractivity contribution in [1.29, 1.82) is 0 Å². The maximum atomic E-state index is 4.62. The molecule has 1 saturated carbocycles. The molecule has 0 amide bonds. The molecule has 2 heterocycles. The highest BCUT2D eigenvalue weighted by Gasteiger charge is 2.44. The lowest BCUT2D eigenvalue weighted by Gasteiger charge is -2.44. The third-order valence-electron chi connectivity index (χ3n) is 5.37. The van der Waals surface area contributed by atoms with Crippen molar-refractivity contribution in [3.63, 3.8) is 0 Å². The quantitative estimate of drug-likeness (QED) is 0.431. The second-order valence-electron chi connectivity index (χ2n) is 7.05. The Bertz CT molecular complexity index is 868. The summed E-state index contributed by atoms with van der Waals surface area (Å²) in [5, 5.41) is 0. The topological polar surface area (TPSA) is 25.8 Å². The molecule has 0 aliphatic heterocycles. The molecule has 1 aliphatic rings. The summed E-state index contributed by atoms with van der Waals surface area (Å²) in [6.45, 7) is 0. The van der Waals surface area contributed by atoms with E-state index in [1.54, 1.807) is 0 Å². The van der Waals surface area contributed by atoms with E-state index < -0.39 is 0 Å². The van der Waals surface area contributed by atoms with Gasteiger partial charge in [-0.2, -0.15) is 0 Å². The fourth-order valence-corrected chi connectivity index (χ4v) is 3.97. The summed E-state index contributed by atoms with van der Waals surface area (Å²) in [6.07, 6.45) is 4.92. The molecule has 0 N–H and O–H groups in total. The van der Waals surface area contributed by atoms with Gasteiger partial charge in [0, 0.05) is 35.6 Å². The van der Waals surface area contributed by atoms with Gasteiger partial charge in [0.1, 0.15) is 0 Å². The van der Waals surface area contributed by atoms with Gasteiger partial charge in [0.2, 0.25) is 0 Å². The first-order valence-corrected chi connectivity index (χ1v) is 9.80. The van der Waals surface area contributed by atoms with Crippen LogP contribution in [-0.4, -0.2) is 9.97 Å². The van der Waals surface area contributed by atoms with Crippen molar-refractivity contribution in [3.8, 4) is 0 Å². The molecule has 5 rings (SSSR count). The van der Waals surface area contributed by atoms with Crippen molar-refractivity contribution in [3.05, 3.63) is 132 Å². The third-order valence-corrected chi connectivity index (χ3v) is 5.37. The van der Waals surface area contributed by atoms with Crippen molar-refractivity contribution in [2.75, 3.05) is 0 Å². The molecule has 2 aromatic heterocycles. The molecule has 0 bridgehead atoms. The lowest BCUT2D eigenvalue weighted by atomic mass is 9.59. The molecule has 2 aromatic carbocycles. The number of pyridine rings is 2. The zero-order valence-electron chi connectivity index (χ0n) is 15.8. The Morgan fingerprint density at radius 2 is 1.00 bits per heavy atom. The van der Waals surface area contributed by atoms with Crippen LogP contribution in [0.5, 0.6) is 0 Å². The van der Waals surface area contributed by atoms with E-state index in [0.717, 1.165) is 6.42 Å². The van der Waals surface area contributed by atoms with Gasteiger partial charge in [0.25, 0.3) is 0 Å². The summed E-state index contributed by atoms with van der Waals surface area (Å²) in [5.41, 5.74) is 3.77. The predicted octanol–water partition coefficient (Wildman–Crippen LogP) is 6.22. The number of nitrogens with zero attached hydrogens (tertiary/aromatic N) is 2. The monoisotopic (exact) mass is 364 g/mol. The average Bonchev–Trinajstić information content (AvgIpc) is 2.77. The van der Waals surface area contributed by atoms with E-state index in [1.165, 1.54) is 17.0 Å². The van der Waals surface area contributed by atoms with Crippen molar-refractivity contribution in [1.82, 2.24) is 9.97 Å². The molecule has 1 fully saturated rings. The Morgan fingerprint density at radius 3 is 1.54 bits per heavy atom. The summed E-state index contributed by atoms with van der Waals surface area (Å²) in [5.74, 6) is 1.41. The van der Waals surface area contributed by atoms with Gasteiger partial charge in [-0.15, -0.1) is 0 Å². The Labute approximate surface area is 167 Å². The van der Waals surface area contributed by atoms with Gasteiger partial charge in [0.05, 0.1) is 0 Å². The van der Waals surface area contributed by atoms with Crippen LogP contribution in [0.1, 0.15) is 41.1 Å². The van der Waals surface area contributed by atoms with Crippen LogP contribution in [-0.2, 0) is 0 Å². The second-order valence-corrected chi connectivity index (χ2v) is 7.05. The molecule has 2 heteroatoms. The molecule has 138 valence electrons. The van der Waals surface area contributed by atoms with Crippen LogP contribution in [0.2, 0.25) is 0 Å². The number of aromatic nitrogens is 2. The summed E-state index contributed by atoms with van der Waals surface area (Å²) in [4.78, 5) is 9.20. The largest absolute Gasteiger partial charge is 0.261 e. The summed E-state index contributed by atoms with van der Waals surface area (Å²) in [7, 11) is 0. The first-order chi connectivity index (χ1) is 13.9. The highest BCUT2D eigenvalue weighted by Crippen LogP contribution is 2.57. The first kappa shape index (κ1) is 18.1. The maximum absolute atomic E-state index is 4.62.